The maximum Gasteiger partial charge on any atom is 0.143 e. The molecular weight excluding hydrogens is 795 g/mol. The summed E-state index contributed by atoms with van der Waals surface area (Å²) in [5.74, 6) is 0. The third-order valence-corrected chi connectivity index (χ3v) is 15.1. The predicted molar refractivity (Wildman–Crippen MR) is 268 cm³/mol. The zero-order chi connectivity index (χ0) is 41.9. The van der Waals surface area contributed by atoms with E-state index in [0.29, 0.717) is 0 Å². The van der Waals surface area contributed by atoms with Crippen molar-refractivity contribution in [3.05, 3.63) is 247 Å². The fourth-order valence-corrected chi connectivity index (χ4v) is 12.3. The van der Waals surface area contributed by atoms with Crippen molar-refractivity contribution in [1.82, 2.24) is 0 Å². The van der Waals surface area contributed by atoms with E-state index in [1.54, 1.807) is 0 Å². The highest BCUT2D eigenvalue weighted by Crippen LogP contribution is 2.64. The van der Waals surface area contributed by atoms with Gasteiger partial charge in [-0.2, -0.15) is 0 Å². The summed E-state index contributed by atoms with van der Waals surface area (Å²) in [6.07, 6.45) is 0. The largest absolute Gasteiger partial charge is 0.455 e. The number of thiophene rings is 1. The van der Waals surface area contributed by atoms with Crippen molar-refractivity contribution in [2.24, 2.45) is 0 Å². The minimum absolute atomic E-state index is 0.435. The number of para-hydroxylation sites is 1. The number of nitrogens with zero attached hydrogens (tertiary/aromatic N) is 1. The molecule has 0 aliphatic heterocycles. The van der Waals surface area contributed by atoms with Crippen LogP contribution >= 0.6 is 11.3 Å². The Morgan fingerprint density at radius 1 is 0.359 bits per heavy atom. The Labute approximate surface area is 374 Å². The summed E-state index contributed by atoms with van der Waals surface area (Å²) in [6, 6.07) is 82.7. The molecule has 2 nitrogen and oxygen atoms in total. The van der Waals surface area contributed by atoms with Crippen LogP contribution in [0.25, 0.3) is 86.6 Å². The van der Waals surface area contributed by atoms with Crippen LogP contribution in [-0.4, -0.2) is 0 Å². The van der Waals surface area contributed by atoms with Gasteiger partial charge in [-0.3, -0.25) is 0 Å². The first kappa shape index (κ1) is 35.6. The van der Waals surface area contributed by atoms with E-state index in [4.69, 9.17) is 4.42 Å². The fourth-order valence-electron chi connectivity index (χ4n) is 11.2. The van der Waals surface area contributed by atoms with Crippen LogP contribution < -0.4 is 4.90 Å². The minimum atomic E-state index is -0.435. The van der Waals surface area contributed by atoms with Gasteiger partial charge >= 0.3 is 0 Å². The molecule has 3 heteroatoms. The first-order valence-electron chi connectivity index (χ1n) is 22.0. The average Bonchev–Trinajstić information content (AvgIpc) is 4.10. The van der Waals surface area contributed by atoms with Gasteiger partial charge in [0.1, 0.15) is 11.2 Å². The zero-order valence-electron chi connectivity index (χ0n) is 34.6. The Bertz CT molecular complexity index is 3810. The minimum Gasteiger partial charge on any atom is -0.455 e. The van der Waals surface area contributed by atoms with Gasteiger partial charge in [0, 0.05) is 53.4 Å². The maximum atomic E-state index is 6.56. The molecule has 0 atom stereocenters. The van der Waals surface area contributed by atoms with Crippen molar-refractivity contribution < 1.29 is 4.42 Å². The van der Waals surface area contributed by atoms with Crippen molar-refractivity contribution in [2.75, 3.05) is 4.90 Å². The highest BCUT2D eigenvalue weighted by molar-refractivity contribution is 7.25. The lowest BCUT2D eigenvalue weighted by molar-refractivity contribution is 0.670. The highest BCUT2D eigenvalue weighted by Gasteiger charge is 2.52. The van der Waals surface area contributed by atoms with Crippen LogP contribution in [0, 0.1) is 0 Å². The number of fused-ring (bicyclic) bond motifs is 16. The standard InChI is InChI=1S/C61H37NOS/c1-2-14-39(15-3-1)43-20-12-21-47-49-36-40(30-34-56(49)63-60(43)47)38-28-31-41(32-29-38)62(42-33-35-58-50(37-42)46-18-7-11-27-57(46)64-58)55-26-13-25-54-59(55)48-19-6-10-24-53(48)61(54)51-22-8-4-16-44(51)45-17-5-9-23-52(45)61/h1-37H. The molecule has 2 aliphatic rings. The Morgan fingerprint density at radius 2 is 0.953 bits per heavy atom. The van der Waals surface area contributed by atoms with Crippen molar-refractivity contribution in [2.45, 2.75) is 5.41 Å². The molecule has 2 heterocycles. The molecular formula is C61H37NOS. The molecule has 0 unspecified atom stereocenters. The summed E-state index contributed by atoms with van der Waals surface area (Å²) in [6.45, 7) is 0. The van der Waals surface area contributed by atoms with Gasteiger partial charge in [0.05, 0.1) is 11.1 Å². The molecule has 298 valence electrons. The van der Waals surface area contributed by atoms with E-state index < -0.39 is 5.41 Å². The number of anilines is 3. The second kappa shape index (κ2) is 13.5. The topological polar surface area (TPSA) is 16.4 Å². The van der Waals surface area contributed by atoms with Crippen LogP contribution in [0.1, 0.15) is 22.3 Å². The molecule has 0 saturated carbocycles. The van der Waals surface area contributed by atoms with Gasteiger partial charge in [-0.05, 0) is 110 Å². The molecule has 0 saturated heterocycles. The lowest BCUT2D eigenvalue weighted by Crippen LogP contribution is -2.26. The van der Waals surface area contributed by atoms with Gasteiger partial charge in [0.25, 0.3) is 0 Å². The third kappa shape index (κ3) is 4.90. The number of benzene rings is 10. The number of rotatable bonds is 5. The van der Waals surface area contributed by atoms with Gasteiger partial charge < -0.3 is 9.32 Å². The Morgan fingerprint density at radius 3 is 1.75 bits per heavy atom. The van der Waals surface area contributed by atoms with E-state index in [2.05, 4.69) is 229 Å². The summed E-state index contributed by atoms with van der Waals surface area (Å²) in [5.41, 5.74) is 19.9. The van der Waals surface area contributed by atoms with Crippen molar-refractivity contribution in [3.63, 3.8) is 0 Å². The highest BCUT2D eigenvalue weighted by atomic mass is 32.1. The number of hydrogen-bond acceptors (Lipinski definition) is 3. The molecule has 0 fully saturated rings. The molecule has 1 spiro atoms. The predicted octanol–water partition coefficient (Wildman–Crippen LogP) is 17.1. The van der Waals surface area contributed by atoms with Crippen LogP contribution in [0.3, 0.4) is 0 Å². The van der Waals surface area contributed by atoms with E-state index in [9.17, 15) is 0 Å². The Hall–Kier alpha value is -7.98. The van der Waals surface area contributed by atoms with Crippen LogP contribution in [-0.2, 0) is 5.41 Å². The first-order chi connectivity index (χ1) is 31.7. The van der Waals surface area contributed by atoms with Crippen LogP contribution in [0.2, 0.25) is 0 Å². The summed E-state index contributed by atoms with van der Waals surface area (Å²) in [7, 11) is 0. The SMILES string of the molecule is c1ccc(-c2cccc3c2oc2ccc(-c4ccc(N(c5ccc6sc7ccccc7c6c5)c5cccc6c5-c5ccccc5C65c6ccccc6-c6ccccc65)cc4)cc23)cc1. The van der Waals surface area contributed by atoms with Crippen molar-refractivity contribution in [3.8, 4) is 44.5 Å². The number of hydrogen-bond donors (Lipinski definition) is 0. The quantitative estimate of drug-likeness (QED) is 0.172. The maximum absolute atomic E-state index is 6.56. The average molecular weight is 832 g/mol. The zero-order valence-corrected chi connectivity index (χ0v) is 35.4. The van der Waals surface area contributed by atoms with Gasteiger partial charge in [-0.25, -0.2) is 0 Å². The van der Waals surface area contributed by atoms with Gasteiger partial charge in [-0.15, -0.1) is 11.3 Å². The summed E-state index contributed by atoms with van der Waals surface area (Å²) in [4.78, 5) is 2.49. The monoisotopic (exact) mass is 831 g/mol. The summed E-state index contributed by atoms with van der Waals surface area (Å²) >= 11 is 1.86. The molecule has 64 heavy (non-hydrogen) atoms. The van der Waals surface area contributed by atoms with Gasteiger partial charge in [0.15, 0.2) is 0 Å². The smallest absolute Gasteiger partial charge is 0.143 e. The van der Waals surface area contributed by atoms with Gasteiger partial charge in [-0.1, -0.05) is 170 Å². The lowest BCUT2D eigenvalue weighted by atomic mass is 9.70. The molecule has 12 aromatic rings. The van der Waals surface area contributed by atoms with Gasteiger partial charge in [0.2, 0.25) is 0 Å². The third-order valence-electron chi connectivity index (χ3n) is 13.9. The molecule has 10 aromatic carbocycles. The van der Waals surface area contributed by atoms with Crippen LogP contribution in [0.5, 0.6) is 0 Å². The van der Waals surface area contributed by atoms with E-state index in [1.165, 1.54) is 64.7 Å². The molecule has 2 aromatic heterocycles. The molecule has 14 rings (SSSR count). The van der Waals surface area contributed by atoms with E-state index in [-0.39, 0.29) is 0 Å². The van der Waals surface area contributed by atoms with Crippen molar-refractivity contribution in [1.29, 1.82) is 0 Å². The first-order valence-corrected chi connectivity index (χ1v) is 22.8. The van der Waals surface area contributed by atoms with Crippen LogP contribution in [0.4, 0.5) is 17.1 Å². The van der Waals surface area contributed by atoms with E-state index >= 15 is 0 Å². The second-order valence-electron chi connectivity index (χ2n) is 17.1. The summed E-state index contributed by atoms with van der Waals surface area (Å²) in [5, 5.41) is 4.81. The Balaban J connectivity index is 0.964. The van der Waals surface area contributed by atoms with E-state index in [1.807, 2.05) is 11.3 Å². The Kier molecular flexibility index (Phi) is 7.51. The van der Waals surface area contributed by atoms with E-state index in [0.717, 1.165) is 61.3 Å². The number of furan rings is 1. The molecule has 2 aliphatic carbocycles. The van der Waals surface area contributed by atoms with Crippen LogP contribution in [0.15, 0.2) is 229 Å². The molecule has 0 amide bonds. The summed E-state index contributed by atoms with van der Waals surface area (Å²) < 4.78 is 9.15. The molecule has 0 bridgehead atoms. The molecule has 0 radical (unpaired) electrons. The lowest BCUT2D eigenvalue weighted by Gasteiger charge is -2.32. The normalized spacial score (nSPS) is 13.1. The molecule has 0 N–H and O–H groups in total. The fraction of sp³-hybridized carbons (Fsp3) is 0.0164. The second-order valence-corrected chi connectivity index (χ2v) is 18.2. The van der Waals surface area contributed by atoms with Crippen molar-refractivity contribution >= 4 is 70.5 Å².